The number of benzene rings is 18. The van der Waals surface area contributed by atoms with Gasteiger partial charge in [-0.2, -0.15) is 0 Å². The van der Waals surface area contributed by atoms with Gasteiger partial charge in [0.05, 0.1) is 16.6 Å². The van der Waals surface area contributed by atoms with E-state index in [4.69, 9.17) is 13.3 Å². The second-order valence-electron chi connectivity index (χ2n) is 31.6. The molecule has 0 aliphatic heterocycles. The standard InChI is InChI=1S/3C38H23NOS/c1-2-9-27(10-3-1)39-33-15-6-4-12-31(33)37-36(39)32-23-26(21-22-34(32)40-37)24-17-19-25(20-18-24)28-13-8-14-30-29-11-5-7-16-35(29)41-38(28)30;1-2-9-27(10-3-1)39-32-14-6-4-11-29(32)38-37(39)30-22-21-26(23-33(30)40-38)24-17-19-25(20-18-24)28-13-8-16-35-36(28)31-12-5-7-15-34(31)41-35;1-2-8-28(9-3-1)39-33-12-6-4-11-30(33)38-37(39)31-20-18-27(23-34(31)40-38)25-16-14-24(15-17-25)26-19-21-36-32(22-26)29-10-5-7-13-35(29)41-36/h3*1-23H. The van der Waals surface area contributed by atoms with Crippen LogP contribution < -0.4 is 0 Å². The van der Waals surface area contributed by atoms with Crippen LogP contribution in [0.15, 0.2) is 432 Å². The van der Waals surface area contributed by atoms with E-state index in [1.807, 2.05) is 34.0 Å². The molecule has 0 aliphatic rings. The number of para-hydroxylation sites is 6. The van der Waals surface area contributed by atoms with E-state index in [0.29, 0.717) is 0 Å². The summed E-state index contributed by atoms with van der Waals surface area (Å²) < 4.78 is 34.6. The molecule has 9 aromatic heterocycles. The van der Waals surface area contributed by atoms with E-state index in [2.05, 4.69) is 432 Å². The Balaban J connectivity index is 0.000000101. The van der Waals surface area contributed by atoms with Crippen LogP contribution in [-0.2, 0) is 0 Å². The van der Waals surface area contributed by atoms with Crippen molar-refractivity contribution in [1.29, 1.82) is 0 Å². The molecule has 0 atom stereocenters. The molecule has 0 bridgehead atoms. The highest BCUT2D eigenvalue weighted by Gasteiger charge is 2.25. The molecule has 9 heterocycles. The minimum atomic E-state index is 0.904. The molecule has 0 amide bonds. The molecular formula is C114H69N3O3S3. The molecular weight excluding hydrogens is 1560 g/mol. The Morgan fingerprint density at radius 1 is 0.179 bits per heavy atom. The zero-order valence-electron chi connectivity index (χ0n) is 66.1. The Bertz CT molecular complexity index is 8860. The third-order valence-corrected chi connectivity index (χ3v) is 28.2. The normalized spacial score (nSPS) is 11.9. The van der Waals surface area contributed by atoms with Crippen LogP contribution in [0, 0.1) is 0 Å². The van der Waals surface area contributed by atoms with Crippen LogP contribution in [0.2, 0.25) is 0 Å². The summed E-state index contributed by atoms with van der Waals surface area (Å²) in [6.45, 7) is 0. The maximum atomic E-state index is 6.58. The summed E-state index contributed by atoms with van der Waals surface area (Å²) in [5, 5.41) is 14.7. The van der Waals surface area contributed by atoms with Crippen molar-refractivity contribution < 1.29 is 13.3 Å². The molecule has 576 valence electrons. The quantitative estimate of drug-likeness (QED) is 0.145. The van der Waals surface area contributed by atoms with Crippen molar-refractivity contribution in [2.45, 2.75) is 0 Å². The van der Waals surface area contributed by atoms with Gasteiger partial charge in [0, 0.05) is 110 Å². The molecule has 27 rings (SSSR count). The van der Waals surface area contributed by atoms with Gasteiger partial charge in [0.15, 0.2) is 16.7 Å². The second-order valence-corrected chi connectivity index (χ2v) is 34.9. The van der Waals surface area contributed by atoms with Gasteiger partial charge in [-0.25, -0.2) is 0 Å². The van der Waals surface area contributed by atoms with Crippen LogP contribution in [0.25, 0.3) is 243 Å². The number of thiophene rings is 3. The summed E-state index contributed by atoms with van der Waals surface area (Å²) >= 11 is 5.60. The number of rotatable bonds is 9. The van der Waals surface area contributed by atoms with E-state index in [1.165, 1.54) is 116 Å². The summed E-state index contributed by atoms with van der Waals surface area (Å²) in [6.07, 6.45) is 0. The zero-order chi connectivity index (χ0) is 80.7. The third kappa shape index (κ3) is 11.6. The first-order chi connectivity index (χ1) is 61.0. The first kappa shape index (κ1) is 70.6. The van der Waals surface area contributed by atoms with Crippen molar-refractivity contribution >= 4 is 193 Å². The van der Waals surface area contributed by atoms with Crippen molar-refractivity contribution in [3.8, 4) is 83.8 Å². The van der Waals surface area contributed by atoms with Gasteiger partial charge in [0.1, 0.15) is 33.3 Å². The predicted molar refractivity (Wildman–Crippen MR) is 523 cm³/mol. The topological polar surface area (TPSA) is 54.2 Å². The molecule has 0 fully saturated rings. The number of furan rings is 3. The zero-order valence-corrected chi connectivity index (χ0v) is 68.6. The van der Waals surface area contributed by atoms with Crippen LogP contribution in [0.4, 0.5) is 0 Å². The molecule has 0 unspecified atom stereocenters. The van der Waals surface area contributed by atoms with Crippen molar-refractivity contribution in [1.82, 2.24) is 13.7 Å². The first-order valence-electron chi connectivity index (χ1n) is 41.6. The van der Waals surface area contributed by atoms with Crippen molar-refractivity contribution in [3.63, 3.8) is 0 Å². The minimum Gasteiger partial charge on any atom is -0.454 e. The lowest BCUT2D eigenvalue weighted by atomic mass is 9.97. The fourth-order valence-electron chi connectivity index (χ4n) is 18.9. The van der Waals surface area contributed by atoms with E-state index < -0.39 is 0 Å². The fraction of sp³-hybridized carbons (Fsp3) is 0. The summed E-state index contributed by atoms with van der Waals surface area (Å²) in [6, 6.07) is 150. The summed E-state index contributed by atoms with van der Waals surface area (Å²) in [5.74, 6) is 0. The monoisotopic (exact) mass is 1620 g/mol. The summed E-state index contributed by atoms with van der Waals surface area (Å²) in [7, 11) is 0. The lowest BCUT2D eigenvalue weighted by Gasteiger charge is -2.08. The Hall–Kier alpha value is -15.4. The maximum Gasteiger partial charge on any atom is 0.161 e. The molecule has 0 radical (unpaired) electrons. The van der Waals surface area contributed by atoms with Gasteiger partial charge in [-0.15, -0.1) is 34.0 Å². The molecule has 0 aliphatic carbocycles. The highest BCUT2D eigenvalue weighted by atomic mass is 32.1. The number of aromatic nitrogens is 3. The molecule has 27 aromatic rings. The average molecular weight is 1630 g/mol. The van der Waals surface area contributed by atoms with Crippen LogP contribution in [0.5, 0.6) is 0 Å². The van der Waals surface area contributed by atoms with Gasteiger partial charge in [-0.3, -0.25) is 0 Å². The first-order valence-corrected chi connectivity index (χ1v) is 44.0. The van der Waals surface area contributed by atoms with Crippen molar-refractivity contribution in [2.75, 3.05) is 0 Å². The molecule has 0 spiro atoms. The summed E-state index contributed by atoms with van der Waals surface area (Å²) in [4.78, 5) is 0. The molecule has 123 heavy (non-hydrogen) atoms. The van der Waals surface area contributed by atoms with E-state index in [-0.39, 0.29) is 0 Å². The average Bonchev–Trinajstić information content (AvgIpc) is 1.57. The van der Waals surface area contributed by atoms with Crippen LogP contribution in [0.3, 0.4) is 0 Å². The van der Waals surface area contributed by atoms with Crippen LogP contribution in [-0.4, -0.2) is 13.7 Å². The number of fused-ring (bicyclic) bond motifs is 24. The van der Waals surface area contributed by atoms with Crippen molar-refractivity contribution in [2.24, 2.45) is 0 Å². The highest BCUT2D eigenvalue weighted by molar-refractivity contribution is 7.27. The van der Waals surface area contributed by atoms with Gasteiger partial charge in [0.2, 0.25) is 0 Å². The fourth-order valence-corrected chi connectivity index (χ4v) is 22.4. The predicted octanol–water partition coefficient (Wildman–Crippen LogP) is 33.7. The lowest BCUT2D eigenvalue weighted by molar-refractivity contribution is 0.672. The third-order valence-electron chi connectivity index (χ3n) is 24.7. The minimum absolute atomic E-state index is 0.904. The highest BCUT2D eigenvalue weighted by Crippen LogP contribution is 2.48. The Kier molecular flexibility index (Phi) is 16.5. The van der Waals surface area contributed by atoms with Gasteiger partial charge in [-0.1, -0.05) is 273 Å². The van der Waals surface area contributed by atoms with E-state index in [0.717, 1.165) is 127 Å². The number of hydrogen-bond donors (Lipinski definition) is 0. The van der Waals surface area contributed by atoms with Crippen LogP contribution in [0.1, 0.15) is 0 Å². The SMILES string of the molecule is c1ccc(-n2c3ccccc3c3oc4cc(-c5ccc(-c6ccc7sc8ccccc8c7c6)cc5)ccc4c32)cc1.c1ccc(-n2c3ccccc3c3oc4cc(-c5ccc(-c6cccc7sc8ccccc8c67)cc5)ccc4c32)cc1.c1ccc(-n2c3ccccc3c3oc4ccc(-c5ccc(-c6cccc7c6sc6ccccc67)cc5)cc4c32)cc1. The number of nitrogens with zero attached hydrogens (tertiary/aromatic N) is 3. The second kappa shape index (κ2) is 28.7. The van der Waals surface area contributed by atoms with E-state index >= 15 is 0 Å². The number of hydrogen-bond acceptors (Lipinski definition) is 6. The molecule has 0 N–H and O–H groups in total. The molecule has 9 heteroatoms. The molecule has 18 aromatic carbocycles. The van der Waals surface area contributed by atoms with E-state index in [1.54, 1.807) is 0 Å². The lowest BCUT2D eigenvalue weighted by Crippen LogP contribution is -1.92. The van der Waals surface area contributed by atoms with Gasteiger partial charge >= 0.3 is 0 Å². The Labute approximate surface area is 717 Å². The van der Waals surface area contributed by atoms with Gasteiger partial charge in [0.25, 0.3) is 0 Å². The Morgan fingerprint density at radius 3 is 1.02 bits per heavy atom. The van der Waals surface area contributed by atoms with Crippen LogP contribution >= 0.6 is 34.0 Å². The van der Waals surface area contributed by atoms with Gasteiger partial charge < -0.3 is 27.0 Å². The smallest absolute Gasteiger partial charge is 0.161 e. The van der Waals surface area contributed by atoms with Gasteiger partial charge in [-0.05, 0) is 212 Å². The Morgan fingerprint density at radius 2 is 0.504 bits per heavy atom. The maximum absolute atomic E-state index is 6.58. The molecule has 0 saturated heterocycles. The van der Waals surface area contributed by atoms with Crippen molar-refractivity contribution in [3.05, 3.63) is 419 Å². The van der Waals surface area contributed by atoms with E-state index in [9.17, 15) is 0 Å². The summed E-state index contributed by atoms with van der Waals surface area (Å²) in [5.41, 5.74) is 30.2. The molecule has 6 nitrogen and oxygen atoms in total. The molecule has 0 saturated carbocycles. The largest absolute Gasteiger partial charge is 0.454 e.